The highest BCUT2D eigenvalue weighted by Crippen LogP contribution is 2.14. The maximum Gasteiger partial charge on any atom is 0.362 e. The summed E-state index contributed by atoms with van der Waals surface area (Å²) < 4.78 is 17.3. The highest BCUT2D eigenvalue weighted by molar-refractivity contribution is 5.72. The van der Waals surface area contributed by atoms with Gasteiger partial charge in [0.25, 0.3) is 0 Å². The molecule has 8 nitrogen and oxygen atoms in total. The number of quaternary nitrogens is 1. The Labute approximate surface area is 367 Å². The topological polar surface area (TPSA) is 99.1 Å². The molecule has 0 saturated heterocycles. The number of likely N-dealkylation sites (N-methyl/N-ethyl adjacent to an activating group) is 1. The SMILES string of the molecule is CC/C=C\C/C=C\C/C=C\C/C=C\CCCCCCCCCCC(=O)OC(COCCC(C(=O)O)[N+](C)(C)C)COC(=O)CCCCCCC/C=C\C/C=C\C/C=C\CC. The molecule has 0 aliphatic carbocycles. The lowest BCUT2D eigenvalue weighted by atomic mass is 10.1. The number of aliphatic carboxylic acids is 1. The lowest BCUT2D eigenvalue weighted by Crippen LogP contribution is -2.50. The van der Waals surface area contributed by atoms with Crippen LogP contribution in [0.15, 0.2) is 85.1 Å². The van der Waals surface area contributed by atoms with Crippen molar-refractivity contribution in [2.24, 2.45) is 0 Å². The van der Waals surface area contributed by atoms with Crippen LogP contribution < -0.4 is 0 Å². The molecule has 0 aromatic heterocycles. The molecule has 0 spiro atoms. The second-order valence-corrected chi connectivity index (χ2v) is 16.6. The van der Waals surface area contributed by atoms with Gasteiger partial charge >= 0.3 is 17.9 Å². The second-order valence-electron chi connectivity index (χ2n) is 16.6. The van der Waals surface area contributed by atoms with Gasteiger partial charge in [0, 0.05) is 19.3 Å². The molecule has 342 valence electrons. The molecule has 0 aromatic carbocycles. The van der Waals surface area contributed by atoms with Crippen molar-refractivity contribution in [3.63, 3.8) is 0 Å². The van der Waals surface area contributed by atoms with E-state index >= 15 is 0 Å². The molecule has 0 aliphatic rings. The zero-order valence-corrected chi connectivity index (χ0v) is 38.9. The van der Waals surface area contributed by atoms with Gasteiger partial charge in [-0.05, 0) is 83.5 Å². The van der Waals surface area contributed by atoms with Gasteiger partial charge in [-0.25, -0.2) is 4.79 Å². The number of carboxylic acid groups (broad SMARTS) is 1. The molecule has 0 amide bonds. The number of esters is 2. The van der Waals surface area contributed by atoms with Crippen molar-refractivity contribution in [1.29, 1.82) is 0 Å². The third-order valence-electron chi connectivity index (χ3n) is 10.0. The third kappa shape index (κ3) is 39.9. The van der Waals surface area contributed by atoms with Gasteiger partial charge in [-0.15, -0.1) is 0 Å². The molecule has 60 heavy (non-hydrogen) atoms. The van der Waals surface area contributed by atoms with Gasteiger partial charge in [-0.2, -0.15) is 0 Å². The molecule has 1 N–H and O–H groups in total. The lowest BCUT2D eigenvalue weighted by molar-refractivity contribution is -0.887. The van der Waals surface area contributed by atoms with E-state index in [1.165, 1.54) is 32.1 Å². The smallest absolute Gasteiger partial charge is 0.362 e. The summed E-state index contributed by atoms with van der Waals surface area (Å²) in [7, 11) is 5.51. The molecule has 0 heterocycles. The number of carboxylic acids is 1. The molecule has 2 atom stereocenters. The molecule has 0 radical (unpaired) electrons. The fourth-order valence-electron chi connectivity index (χ4n) is 6.45. The molecule has 0 fully saturated rings. The van der Waals surface area contributed by atoms with Crippen LogP contribution in [0.4, 0.5) is 0 Å². The van der Waals surface area contributed by atoms with Gasteiger partial charge in [0.15, 0.2) is 12.1 Å². The maximum absolute atomic E-state index is 12.8. The quantitative estimate of drug-likeness (QED) is 0.0283. The first-order valence-electron chi connectivity index (χ1n) is 23.6. The summed E-state index contributed by atoms with van der Waals surface area (Å²) in [4.78, 5) is 37.1. The summed E-state index contributed by atoms with van der Waals surface area (Å²) in [6.45, 7) is 4.48. The number of allylic oxidation sites excluding steroid dienone is 14. The molecular formula is C52H88NO7+. The van der Waals surface area contributed by atoms with Gasteiger partial charge < -0.3 is 23.8 Å². The Morgan fingerprint density at radius 1 is 0.500 bits per heavy atom. The Morgan fingerprint density at radius 2 is 0.883 bits per heavy atom. The fourth-order valence-corrected chi connectivity index (χ4v) is 6.45. The van der Waals surface area contributed by atoms with Crippen molar-refractivity contribution in [1.82, 2.24) is 0 Å². The van der Waals surface area contributed by atoms with Crippen LogP contribution in [-0.4, -0.2) is 80.6 Å². The first kappa shape index (κ1) is 56.5. The number of rotatable bonds is 41. The Hall–Kier alpha value is -3.49. The maximum atomic E-state index is 12.8. The highest BCUT2D eigenvalue weighted by Gasteiger charge is 2.31. The lowest BCUT2D eigenvalue weighted by Gasteiger charge is -2.31. The van der Waals surface area contributed by atoms with Gasteiger partial charge in [-0.3, -0.25) is 9.59 Å². The average molecular weight is 839 g/mol. The molecule has 0 rings (SSSR count). The van der Waals surface area contributed by atoms with Crippen LogP contribution in [0.2, 0.25) is 0 Å². The second kappa shape index (κ2) is 42.2. The third-order valence-corrected chi connectivity index (χ3v) is 10.0. The molecular weight excluding hydrogens is 751 g/mol. The summed E-state index contributed by atoms with van der Waals surface area (Å²) in [6.07, 6.45) is 54.8. The average Bonchev–Trinajstić information content (AvgIpc) is 3.21. The molecule has 0 aliphatic heterocycles. The standard InChI is InChI=1S/C52H87NO7/c1-6-8-10-12-14-16-18-20-22-23-24-25-26-27-29-31-33-35-37-39-41-43-51(55)60-48(46-58-45-44-49(52(56)57)53(3,4)5)47-59-50(54)42-40-38-36-34-32-30-28-21-19-17-15-13-11-9-7-2/h8-11,14-17,20-22,24-25,28,48-49H,6-7,12-13,18-19,23,26-27,29-47H2,1-5H3/p+1/b10-8-,11-9-,16-14-,17-15-,22-20-,25-24-,28-21-. The van der Waals surface area contributed by atoms with Crippen LogP contribution >= 0.6 is 0 Å². The zero-order chi connectivity index (χ0) is 44.2. The minimum Gasteiger partial charge on any atom is -0.477 e. The number of hydrogen-bond donors (Lipinski definition) is 1. The van der Waals surface area contributed by atoms with Crippen LogP contribution in [0, 0.1) is 0 Å². The number of ether oxygens (including phenoxy) is 3. The van der Waals surface area contributed by atoms with E-state index in [1.807, 2.05) is 21.1 Å². The van der Waals surface area contributed by atoms with E-state index in [2.05, 4.69) is 98.9 Å². The summed E-state index contributed by atoms with van der Waals surface area (Å²) in [5.41, 5.74) is 0. The minimum absolute atomic E-state index is 0.0474. The van der Waals surface area contributed by atoms with Gasteiger partial charge in [0.05, 0.1) is 34.4 Å². The van der Waals surface area contributed by atoms with Crippen molar-refractivity contribution in [3.8, 4) is 0 Å². The van der Waals surface area contributed by atoms with E-state index in [9.17, 15) is 19.5 Å². The van der Waals surface area contributed by atoms with Crippen molar-refractivity contribution in [2.75, 3.05) is 41.0 Å². The molecule has 2 unspecified atom stereocenters. The van der Waals surface area contributed by atoms with Crippen LogP contribution in [0.5, 0.6) is 0 Å². The molecule has 0 saturated carbocycles. The Morgan fingerprint density at radius 3 is 1.30 bits per heavy atom. The fraction of sp³-hybridized carbons (Fsp3) is 0.673. The van der Waals surface area contributed by atoms with Crippen molar-refractivity contribution >= 4 is 17.9 Å². The number of carbonyl (C=O) groups excluding carboxylic acids is 2. The summed E-state index contributed by atoms with van der Waals surface area (Å²) in [5.74, 6) is -1.51. The van der Waals surface area contributed by atoms with Crippen LogP contribution in [0.3, 0.4) is 0 Å². The molecule has 0 aromatic rings. The van der Waals surface area contributed by atoms with E-state index in [4.69, 9.17) is 14.2 Å². The highest BCUT2D eigenvalue weighted by atomic mass is 16.6. The van der Waals surface area contributed by atoms with Crippen molar-refractivity contribution < 1.29 is 38.2 Å². The minimum atomic E-state index is -0.882. The number of carbonyl (C=O) groups is 3. The van der Waals surface area contributed by atoms with Gasteiger partial charge in [0.2, 0.25) is 0 Å². The first-order chi connectivity index (χ1) is 29.1. The van der Waals surface area contributed by atoms with Gasteiger partial charge in [0.1, 0.15) is 6.61 Å². The van der Waals surface area contributed by atoms with E-state index < -0.39 is 18.1 Å². The van der Waals surface area contributed by atoms with E-state index in [1.54, 1.807) is 0 Å². The van der Waals surface area contributed by atoms with E-state index in [0.29, 0.717) is 19.3 Å². The predicted octanol–water partition coefficient (Wildman–Crippen LogP) is 13.3. The molecule has 0 bridgehead atoms. The number of unbranched alkanes of at least 4 members (excludes halogenated alkanes) is 13. The summed E-state index contributed by atoms with van der Waals surface area (Å²) in [6, 6.07) is -0.623. The Balaban J connectivity index is 4.34. The van der Waals surface area contributed by atoms with E-state index in [-0.39, 0.29) is 36.2 Å². The summed E-state index contributed by atoms with van der Waals surface area (Å²) in [5, 5.41) is 9.64. The van der Waals surface area contributed by atoms with Crippen LogP contribution in [-0.2, 0) is 28.6 Å². The predicted molar refractivity (Wildman–Crippen MR) is 252 cm³/mol. The first-order valence-corrected chi connectivity index (χ1v) is 23.6. The normalized spacial score (nSPS) is 13.7. The zero-order valence-electron chi connectivity index (χ0n) is 38.9. The molecule has 8 heteroatoms. The number of nitrogens with zero attached hydrogens (tertiary/aromatic N) is 1. The van der Waals surface area contributed by atoms with Crippen LogP contribution in [0.1, 0.15) is 174 Å². The van der Waals surface area contributed by atoms with E-state index in [0.717, 1.165) is 109 Å². The van der Waals surface area contributed by atoms with Crippen molar-refractivity contribution in [2.45, 2.75) is 187 Å². The van der Waals surface area contributed by atoms with Crippen molar-refractivity contribution in [3.05, 3.63) is 85.1 Å². The number of hydrogen-bond acceptors (Lipinski definition) is 6. The monoisotopic (exact) mass is 839 g/mol. The summed E-state index contributed by atoms with van der Waals surface area (Å²) >= 11 is 0. The van der Waals surface area contributed by atoms with Gasteiger partial charge in [-0.1, -0.05) is 157 Å². The largest absolute Gasteiger partial charge is 0.477 e. The Kier molecular flexibility index (Phi) is 39.8. The Bertz CT molecular complexity index is 1250. The van der Waals surface area contributed by atoms with Crippen LogP contribution in [0.25, 0.3) is 0 Å².